The standard InChI is InChI=1S/C22H22ClN5O2/c1-22(2)9-18-16(10-26-28(18)12-22)15-8-19(25-11-17(15)23)27-20(29)7-13-4-3-5-14(6-13)21(24)30/h3-6,8,10-11H,7,9,12H2,1-2H3,(H2,24,30)(H,25,27,29). The minimum absolute atomic E-state index is 0.0954. The Kier molecular flexibility index (Phi) is 5.07. The molecule has 3 heterocycles. The summed E-state index contributed by atoms with van der Waals surface area (Å²) in [5, 5.41) is 7.79. The van der Waals surface area contributed by atoms with Gasteiger partial charge in [-0.1, -0.05) is 37.6 Å². The number of carbonyl (C=O) groups is 2. The summed E-state index contributed by atoms with van der Waals surface area (Å²) >= 11 is 6.42. The summed E-state index contributed by atoms with van der Waals surface area (Å²) < 4.78 is 2.01. The molecule has 30 heavy (non-hydrogen) atoms. The number of carbonyl (C=O) groups excluding carboxylic acids is 2. The van der Waals surface area contributed by atoms with Gasteiger partial charge in [-0.05, 0) is 35.6 Å². The van der Waals surface area contributed by atoms with E-state index in [0.717, 1.165) is 29.8 Å². The number of primary amides is 1. The third kappa shape index (κ3) is 4.07. The molecular weight excluding hydrogens is 402 g/mol. The topological polar surface area (TPSA) is 103 Å². The van der Waals surface area contributed by atoms with Crippen LogP contribution < -0.4 is 11.1 Å². The third-order valence-electron chi connectivity index (χ3n) is 5.16. The first kappa shape index (κ1) is 20.1. The van der Waals surface area contributed by atoms with Crippen LogP contribution in [0.3, 0.4) is 0 Å². The second-order valence-corrected chi connectivity index (χ2v) is 8.75. The van der Waals surface area contributed by atoms with Gasteiger partial charge >= 0.3 is 0 Å². The molecule has 1 aliphatic rings. The van der Waals surface area contributed by atoms with Crippen LogP contribution in [0.1, 0.15) is 35.5 Å². The van der Waals surface area contributed by atoms with Crippen molar-refractivity contribution in [1.82, 2.24) is 14.8 Å². The Hall–Kier alpha value is -3.19. The van der Waals surface area contributed by atoms with Crippen molar-refractivity contribution in [2.24, 2.45) is 11.1 Å². The minimum atomic E-state index is -0.529. The van der Waals surface area contributed by atoms with Gasteiger partial charge in [-0.15, -0.1) is 0 Å². The predicted octanol–water partition coefficient (Wildman–Crippen LogP) is 3.46. The van der Waals surface area contributed by atoms with Gasteiger partial charge in [0.1, 0.15) is 5.82 Å². The highest BCUT2D eigenvalue weighted by molar-refractivity contribution is 6.33. The Balaban J connectivity index is 1.54. The molecule has 0 unspecified atom stereocenters. The van der Waals surface area contributed by atoms with Gasteiger partial charge in [0, 0.05) is 35.1 Å². The van der Waals surface area contributed by atoms with E-state index in [1.807, 2.05) is 10.9 Å². The van der Waals surface area contributed by atoms with E-state index in [4.69, 9.17) is 17.3 Å². The maximum atomic E-state index is 12.5. The molecule has 1 aliphatic heterocycles. The molecule has 8 heteroatoms. The summed E-state index contributed by atoms with van der Waals surface area (Å²) in [5.41, 5.74) is 9.38. The van der Waals surface area contributed by atoms with Crippen LogP contribution in [0.4, 0.5) is 5.82 Å². The fourth-order valence-corrected chi connectivity index (χ4v) is 4.00. The molecule has 0 fully saturated rings. The maximum absolute atomic E-state index is 12.5. The molecule has 0 aliphatic carbocycles. The van der Waals surface area contributed by atoms with Crippen LogP contribution in [-0.4, -0.2) is 26.6 Å². The number of benzene rings is 1. The van der Waals surface area contributed by atoms with Gasteiger partial charge < -0.3 is 11.1 Å². The molecule has 1 aromatic carbocycles. The predicted molar refractivity (Wildman–Crippen MR) is 115 cm³/mol. The molecule has 0 atom stereocenters. The second kappa shape index (κ2) is 7.57. The van der Waals surface area contributed by atoms with Gasteiger partial charge in [0.15, 0.2) is 0 Å². The summed E-state index contributed by atoms with van der Waals surface area (Å²) in [6.45, 7) is 5.27. The number of fused-ring (bicyclic) bond motifs is 1. The number of hydrogen-bond acceptors (Lipinski definition) is 4. The van der Waals surface area contributed by atoms with Gasteiger partial charge in [-0.25, -0.2) is 4.98 Å². The molecule has 3 N–H and O–H groups in total. The summed E-state index contributed by atoms with van der Waals surface area (Å²) in [6, 6.07) is 8.46. The zero-order chi connectivity index (χ0) is 21.5. The molecule has 0 bridgehead atoms. The van der Waals surface area contributed by atoms with E-state index in [2.05, 4.69) is 29.2 Å². The Bertz CT molecular complexity index is 1150. The number of rotatable bonds is 5. The Morgan fingerprint density at radius 1 is 1.23 bits per heavy atom. The average molecular weight is 424 g/mol. The smallest absolute Gasteiger partial charge is 0.248 e. The van der Waals surface area contributed by atoms with Crippen molar-refractivity contribution < 1.29 is 9.59 Å². The first-order valence-corrected chi connectivity index (χ1v) is 9.99. The molecule has 0 spiro atoms. The molecule has 0 radical (unpaired) electrons. The summed E-state index contributed by atoms with van der Waals surface area (Å²) in [5.74, 6) is -0.375. The Morgan fingerprint density at radius 3 is 2.80 bits per heavy atom. The molecule has 2 amide bonds. The van der Waals surface area contributed by atoms with E-state index in [0.29, 0.717) is 22.0 Å². The van der Waals surface area contributed by atoms with Crippen molar-refractivity contribution in [2.75, 3.05) is 5.32 Å². The van der Waals surface area contributed by atoms with Crippen LogP contribution in [0.5, 0.6) is 0 Å². The van der Waals surface area contributed by atoms with Crippen molar-refractivity contribution in [3.8, 4) is 11.1 Å². The molecule has 2 aromatic heterocycles. The zero-order valence-corrected chi connectivity index (χ0v) is 17.5. The molecular formula is C22H22ClN5O2. The van der Waals surface area contributed by atoms with Crippen molar-refractivity contribution in [1.29, 1.82) is 0 Å². The lowest BCUT2D eigenvalue weighted by Gasteiger charge is -2.14. The molecule has 4 rings (SSSR count). The summed E-state index contributed by atoms with van der Waals surface area (Å²) in [6.07, 6.45) is 4.34. The van der Waals surface area contributed by atoms with Crippen LogP contribution >= 0.6 is 11.6 Å². The number of halogens is 1. The van der Waals surface area contributed by atoms with Crippen molar-refractivity contribution >= 4 is 29.2 Å². The Morgan fingerprint density at radius 2 is 2.03 bits per heavy atom. The largest absolute Gasteiger partial charge is 0.366 e. The van der Waals surface area contributed by atoms with Crippen LogP contribution in [-0.2, 0) is 24.2 Å². The number of amides is 2. The minimum Gasteiger partial charge on any atom is -0.366 e. The number of nitrogens with one attached hydrogen (secondary N) is 1. The highest BCUT2D eigenvalue weighted by atomic mass is 35.5. The number of aromatic nitrogens is 3. The van der Waals surface area contributed by atoms with Crippen molar-refractivity contribution in [3.05, 3.63) is 64.6 Å². The van der Waals surface area contributed by atoms with Crippen LogP contribution in [0.25, 0.3) is 11.1 Å². The first-order chi connectivity index (χ1) is 14.2. The van der Waals surface area contributed by atoms with Gasteiger partial charge in [-0.3, -0.25) is 14.3 Å². The van der Waals surface area contributed by atoms with E-state index in [1.54, 1.807) is 30.3 Å². The maximum Gasteiger partial charge on any atom is 0.248 e. The number of pyridine rings is 1. The average Bonchev–Trinajstić information content (AvgIpc) is 3.18. The SMILES string of the molecule is CC1(C)Cc2c(-c3cc(NC(=O)Cc4cccc(C(N)=O)c4)ncc3Cl)cnn2C1. The third-order valence-corrected chi connectivity index (χ3v) is 5.46. The lowest BCUT2D eigenvalue weighted by atomic mass is 9.89. The first-order valence-electron chi connectivity index (χ1n) is 9.61. The summed E-state index contributed by atoms with van der Waals surface area (Å²) in [4.78, 5) is 28.1. The highest BCUT2D eigenvalue weighted by Crippen LogP contribution is 2.39. The van der Waals surface area contributed by atoms with E-state index in [1.165, 1.54) is 6.20 Å². The van der Waals surface area contributed by atoms with Gasteiger partial charge in [-0.2, -0.15) is 5.10 Å². The molecule has 0 saturated heterocycles. The lowest BCUT2D eigenvalue weighted by Crippen LogP contribution is -2.16. The lowest BCUT2D eigenvalue weighted by molar-refractivity contribution is -0.115. The number of nitrogens with zero attached hydrogens (tertiary/aromatic N) is 3. The monoisotopic (exact) mass is 423 g/mol. The highest BCUT2D eigenvalue weighted by Gasteiger charge is 2.32. The van der Waals surface area contributed by atoms with Crippen molar-refractivity contribution in [3.63, 3.8) is 0 Å². The van der Waals surface area contributed by atoms with Crippen LogP contribution in [0, 0.1) is 5.41 Å². The van der Waals surface area contributed by atoms with E-state index >= 15 is 0 Å². The zero-order valence-electron chi connectivity index (χ0n) is 16.8. The van der Waals surface area contributed by atoms with Crippen molar-refractivity contribution in [2.45, 2.75) is 33.2 Å². The quantitative estimate of drug-likeness (QED) is 0.655. The summed E-state index contributed by atoms with van der Waals surface area (Å²) in [7, 11) is 0. The molecule has 3 aromatic rings. The molecule has 0 saturated carbocycles. The van der Waals surface area contributed by atoms with E-state index in [9.17, 15) is 9.59 Å². The normalized spacial score (nSPS) is 14.4. The second-order valence-electron chi connectivity index (χ2n) is 8.34. The number of hydrogen-bond donors (Lipinski definition) is 2. The number of nitrogens with two attached hydrogens (primary N) is 1. The number of anilines is 1. The fourth-order valence-electron chi connectivity index (χ4n) is 3.79. The van der Waals surface area contributed by atoms with Gasteiger partial charge in [0.25, 0.3) is 0 Å². The van der Waals surface area contributed by atoms with Crippen LogP contribution in [0.2, 0.25) is 5.02 Å². The molecule has 7 nitrogen and oxygen atoms in total. The van der Waals surface area contributed by atoms with Gasteiger partial charge in [0.2, 0.25) is 11.8 Å². The van der Waals surface area contributed by atoms with E-state index in [-0.39, 0.29) is 17.7 Å². The van der Waals surface area contributed by atoms with Gasteiger partial charge in [0.05, 0.1) is 17.6 Å². The van der Waals surface area contributed by atoms with Crippen LogP contribution in [0.15, 0.2) is 42.7 Å². The molecule has 154 valence electrons. The van der Waals surface area contributed by atoms with E-state index < -0.39 is 5.91 Å². The Labute approximate surface area is 179 Å². The fraction of sp³-hybridized carbons (Fsp3) is 0.273.